The lowest BCUT2D eigenvalue weighted by Crippen LogP contribution is -2.53. The van der Waals surface area contributed by atoms with Gasteiger partial charge in [-0.25, -0.2) is 8.42 Å². The summed E-state index contributed by atoms with van der Waals surface area (Å²) >= 11 is 0. The van der Waals surface area contributed by atoms with E-state index in [1.165, 1.54) is 6.07 Å². The number of carbonyl (C=O) groups is 2. The van der Waals surface area contributed by atoms with Crippen molar-refractivity contribution in [2.45, 2.75) is 44.2 Å². The Balaban J connectivity index is 1.59. The van der Waals surface area contributed by atoms with Gasteiger partial charge in [0.1, 0.15) is 5.75 Å². The summed E-state index contributed by atoms with van der Waals surface area (Å²) in [6, 6.07) is 17.5. The minimum Gasteiger partial charge on any atom is -0.508 e. The topological polar surface area (TPSA) is 183 Å². The number of rotatable bonds is 16. The molecule has 0 bridgehead atoms. The Labute approximate surface area is 292 Å². The Morgan fingerprint density at radius 2 is 1.64 bits per heavy atom. The number of anilines is 1. The first-order chi connectivity index (χ1) is 23.8. The predicted octanol–water partition coefficient (Wildman–Crippen LogP) is 2.71. The van der Waals surface area contributed by atoms with Gasteiger partial charge in [0.05, 0.1) is 48.3 Å². The molecule has 1 saturated heterocycles. The van der Waals surface area contributed by atoms with Crippen LogP contribution in [0.25, 0.3) is 0 Å². The first-order valence-electron chi connectivity index (χ1n) is 16.4. The third-order valence-corrected chi connectivity index (χ3v) is 10.2. The number of amides is 2. The minimum atomic E-state index is -4.20. The molecule has 270 valence electrons. The van der Waals surface area contributed by atoms with Crippen LogP contribution in [0.2, 0.25) is 0 Å². The molecule has 50 heavy (non-hydrogen) atoms. The molecule has 1 heterocycles. The molecule has 3 aromatic rings. The molecule has 0 spiro atoms. The van der Waals surface area contributed by atoms with Crippen molar-refractivity contribution in [1.82, 2.24) is 14.5 Å². The van der Waals surface area contributed by atoms with Crippen LogP contribution in [0.5, 0.6) is 5.75 Å². The highest BCUT2D eigenvalue weighted by Crippen LogP contribution is 2.28. The average Bonchev–Trinajstić information content (AvgIpc) is 3.09. The number of aliphatic hydroxyl groups excluding tert-OH is 1. The lowest BCUT2D eigenvalue weighted by molar-refractivity contribution is -0.384. The molecule has 2 atom stereocenters. The number of nitro benzene ring substituents is 1. The van der Waals surface area contributed by atoms with E-state index in [2.05, 4.69) is 5.32 Å². The highest BCUT2D eigenvalue weighted by atomic mass is 32.2. The van der Waals surface area contributed by atoms with Crippen LogP contribution in [0.3, 0.4) is 0 Å². The molecule has 1 fully saturated rings. The van der Waals surface area contributed by atoms with Gasteiger partial charge in [-0.05, 0) is 49.1 Å². The number of non-ortho nitro benzene ring substituents is 1. The number of nitro groups is 1. The van der Waals surface area contributed by atoms with Gasteiger partial charge in [0.15, 0.2) is 0 Å². The number of phenolic OH excluding ortho intramolecular Hbond substituents is 1. The molecule has 0 saturated carbocycles. The molecule has 0 radical (unpaired) electrons. The standard InChI is InChI=1S/C35H45N5O9S/c1-25(2)21-39(50(47,48)29-14-12-28(13-15-29)40(45)46)22-33(42)30(20-27-8-5-4-6-9-27)36-34(43)23-38(31-10-7-11-32(41)26(31)3)24-35(44)37-16-18-49-19-17-37/h4-15,25,30,33,41-42H,16-24H2,1-3H3,(H,36,43)/t30-,33-/m0/s1. The number of benzene rings is 3. The van der Waals surface area contributed by atoms with Gasteiger partial charge in [0, 0.05) is 49.6 Å². The summed E-state index contributed by atoms with van der Waals surface area (Å²) in [4.78, 5) is 40.7. The fourth-order valence-corrected chi connectivity index (χ4v) is 7.36. The quantitative estimate of drug-likeness (QED) is 0.148. The van der Waals surface area contributed by atoms with Crippen molar-refractivity contribution in [2.24, 2.45) is 5.92 Å². The van der Waals surface area contributed by atoms with Gasteiger partial charge in [0.2, 0.25) is 21.8 Å². The van der Waals surface area contributed by atoms with E-state index < -0.39 is 33.0 Å². The zero-order chi connectivity index (χ0) is 36.4. The number of hydrogen-bond donors (Lipinski definition) is 3. The van der Waals surface area contributed by atoms with Crippen LogP contribution in [0.15, 0.2) is 77.7 Å². The van der Waals surface area contributed by atoms with E-state index in [1.54, 1.807) is 28.9 Å². The van der Waals surface area contributed by atoms with Crippen molar-refractivity contribution < 1.29 is 37.9 Å². The van der Waals surface area contributed by atoms with Gasteiger partial charge in [-0.2, -0.15) is 4.31 Å². The molecule has 15 heteroatoms. The number of nitrogens with zero attached hydrogens (tertiary/aromatic N) is 4. The van der Waals surface area contributed by atoms with Gasteiger partial charge in [-0.15, -0.1) is 0 Å². The Morgan fingerprint density at radius 1 is 0.980 bits per heavy atom. The van der Waals surface area contributed by atoms with Crippen molar-refractivity contribution in [3.05, 3.63) is 94.0 Å². The van der Waals surface area contributed by atoms with Crippen molar-refractivity contribution >= 4 is 33.2 Å². The van der Waals surface area contributed by atoms with E-state index >= 15 is 0 Å². The van der Waals surface area contributed by atoms with E-state index in [4.69, 9.17) is 4.74 Å². The molecular formula is C35H45N5O9S. The Morgan fingerprint density at radius 3 is 2.26 bits per heavy atom. The summed E-state index contributed by atoms with van der Waals surface area (Å²) in [6.45, 7) is 6.19. The summed E-state index contributed by atoms with van der Waals surface area (Å²) in [5, 5.41) is 36.1. The van der Waals surface area contributed by atoms with Crippen molar-refractivity contribution in [3.63, 3.8) is 0 Å². The molecule has 4 rings (SSSR count). The third kappa shape index (κ3) is 10.2. The smallest absolute Gasteiger partial charge is 0.269 e. The normalized spacial score (nSPS) is 14.7. The van der Waals surface area contributed by atoms with Gasteiger partial charge in [-0.1, -0.05) is 50.2 Å². The van der Waals surface area contributed by atoms with Gasteiger partial charge >= 0.3 is 0 Å². The second kappa shape index (κ2) is 17.4. The molecule has 14 nitrogen and oxygen atoms in total. The Kier molecular flexibility index (Phi) is 13.3. The van der Waals surface area contributed by atoms with Crippen LogP contribution >= 0.6 is 0 Å². The number of hydrogen-bond acceptors (Lipinski definition) is 10. The zero-order valence-electron chi connectivity index (χ0n) is 28.5. The lowest BCUT2D eigenvalue weighted by atomic mass is 10.0. The molecule has 1 aliphatic rings. The second-order valence-corrected chi connectivity index (χ2v) is 14.6. The summed E-state index contributed by atoms with van der Waals surface area (Å²) in [5.41, 5.74) is 1.50. The van der Waals surface area contributed by atoms with Crippen LogP contribution in [0, 0.1) is 23.0 Å². The fraction of sp³-hybridized carbons (Fsp3) is 0.429. The van der Waals surface area contributed by atoms with E-state index in [1.807, 2.05) is 44.2 Å². The minimum absolute atomic E-state index is 0.00332. The number of carbonyl (C=O) groups excluding carboxylic acids is 2. The van der Waals surface area contributed by atoms with Crippen LogP contribution in [-0.2, 0) is 30.8 Å². The van der Waals surface area contributed by atoms with Crippen LogP contribution in [0.1, 0.15) is 25.0 Å². The largest absolute Gasteiger partial charge is 0.508 e. The Hall–Kier alpha value is -4.57. The first kappa shape index (κ1) is 38.2. The maximum Gasteiger partial charge on any atom is 0.269 e. The number of morpholine rings is 1. The zero-order valence-corrected chi connectivity index (χ0v) is 29.3. The van der Waals surface area contributed by atoms with Gasteiger partial charge in [-0.3, -0.25) is 19.7 Å². The molecule has 2 amide bonds. The highest BCUT2D eigenvalue weighted by molar-refractivity contribution is 7.89. The number of aliphatic hydroxyl groups is 1. The molecule has 3 aromatic carbocycles. The summed E-state index contributed by atoms with van der Waals surface area (Å²) in [6.07, 6.45) is -1.21. The monoisotopic (exact) mass is 711 g/mol. The van der Waals surface area contributed by atoms with Crippen molar-refractivity contribution in [1.29, 1.82) is 0 Å². The number of phenols is 1. The van der Waals surface area contributed by atoms with Gasteiger partial charge in [0.25, 0.3) is 5.69 Å². The maximum atomic E-state index is 13.8. The average molecular weight is 712 g/mol. The highest BCUT2D eigenvalue weighted by Gasteiger charge is 2.32. The summed E-state index contributed by atoms with van der Waals surface area (Å²) < 4.78 is 34.0. The van der Waals surface area contributed by atoms with E-state index in [-0.39, 0.29) is 60.8 Å². The van der Waals surface area contributed by atoms with E-state index in [9.17, 15) is 38.3 Å². The number of ether oxygens (including phenoxy) is 1. The number of nitrogens with one attached hydrogen (secondary N) is 1. The maximum absolute atomic E-state index is 13.8. The number of aromatic hydroxyl groups is 1. The molecule has 0 aliphatic carbocycles. The molecular weight excluding hydrogens is 666 g/mol. The summed E-state index contributed by atoms with van der Waals surface area (Å²) in [5.74, 6) is -0.884. The van der Waals surface area contributed by atoms with E-state index in [0.29, 0.717) is 37.6 Å². The molecule has 1 aliphatic heterocycles. The van der Waals surface area contributed by atoms with Crippen LogP contribution in [-0.4, -0.2) is 109 Å². The van der Waals surface area contributed by atoms with E-state index in [0.717, 1.165) is 34.1 Å². The molecule has 0 unspecified atom stereocenters. The fourth-order valence-electron chi connectivity index (χ4n) is 5.74. The molecule has 3 N–H and O–H groups in total. The SMILES string of the molecule is Cc1c(O)cccc1N(CC(=O)N[C@@H](Cc1ccccc1)[C@@H](O)CN(CC(C)C)S(=O)(=O)c1ccc([N+](=O)[O-])cc1)CC(=O)N1CCOCC1. The Bertz CT molecular complexity index is 1720. The van der Waals surface area contributed by atoms with Gasteiger partial charge < -0.3 is 30.1 Å². The third-order valence-electron chi connectivity index (χ3n) is 8.40. The van der Waals surface area contributed by atoms with Crippen LogP contribution in [0.4, 0.5) is 11.4 Å². The van der Waals surface area contributed by atoms with Crippen molar-refractivity contribution in [3.8, 4) is 5.75 Å². The first-order valence-corrected chi connectivity index (χ1v) is 17.8. The summed E-state index contributed by atoms with van der Waals surface area (Å²) in [7, 11) is -4.20. The lowest BCUT2D eigenvalue weighted by Gasteiger charge is -2.33. The predicted molar refractivity (Wildman–Crippen MR) is 187 cm³/mol. The second-order valence-electron chi connectivity index (χ2n) is 12.7. The molecule has 0 aromatic heterocycles. The van der Waals surface area contributed by atoms with Crippen LogP contribution < -0.4 is 10.2 Å². The number of sulfonamides is 1. The van der Waals surface area contributed by atoms with Crippen molar-refractivity contribution in [2.75, 3.05) is 57.4 Å².